The van der Waals surface area contributed by atoms with Gasteiger partial charge in [0, 0.05) is 12.6 Å². The van der Waals surface area contributed by atoms with E-state index < -0.39 is 15.3 Å². The molecule has 0 aliphatic carbocycles. The molecule has 6 nitrogen and oxygen atoms in total. The van der Waals surface area contributed by atoms with Crippen molar-refractivity contribution in [2.45, 2.75) is 45.5 Å². The summed E-state index contributed by atoms with van der Waals surface area (Å²) in [5, 5.41) is 3.56. The van der Waals surface area contributed by atoms with E-state index >= 15 is 0 Å². The second-order valence-corrected chi connectivity index (χ2v) is 6.90. The second kappa shape index (κ2) is 5.59. The van der Waals surface area contributed by atoms with Crippen molar-refractivity contribution in [1.29, 1.82) is 0 Å². The first-order valence-corrected chi connectivity index (χ1v) is 7.19. The molecule has 0 atom stereocenters. The Morgan fingerprint density at radius 1 is 1.29 bits per heavy atom. The number of aromatic nitrogens is 3. The topological polar surface area (TPSA) is 68.1 Å². The summed E-state index contributed by atoms with van der Waals surface area (Å²) in [5.74, 6) is 0. The zero-order valence-electron chi connectivity index (χ0n) is 10.7. The number of hydrogen-bond donors (Lipinski definition) is 0. The molecule has 0 amide bonds. The minimum atomic E-state index is -3.22. The van der Waals surface area contributed by atoms with E-state index in [1.54, 1.807) is 24.9 Å². The summed E-state index contributed by atoms with van der Waals surface area (Å²) in [6.07, 6.45) is 3.02. The third-order valence-corrected chi connectivity index (χ3v) is 4.96. The lowest BCUT2D eigenvalue weighted by molar-refractivity contribution is 0.330. The fraction of sp³-hybridized carbons (Fsp3) is 0.800. The second-order valence-electron chi connectivity index (χ2n) is 4.46. The smallest absolute Gasteiger partial charge is 0.216 e. The molecule has 0 saturated heterocycles. The van der Waals surface area contributed by atoms with E-state index in [2.05, 4.69) is 10.1 Å². The molecule has 17 heavy (non-hydrogen) atoms. The zero-order chi connectivity index (χ0) is 13.1. The minimum absolute atomic E-state index is 0.0501. The van der Waals surface area contributed by atoms with Crippen molar-refractivity contribution in [2.24, 2.45) is 0 Å². The Morgan fingerprint density at radius 2 is 1.94 bits per heavy atom. The van der Waals surface area contributed by atoms with Crippen LogP contribution < -0.4 is 0 Å². The first-order valence-electron chi connectivity index (χ1n) is 5.68. The maximum Gasteiger partial charge on any atom is 0.216 e. The minimum Gasteiger partial charge on any atom is -0.252 e. The third kappa shape index (κ3) is 3.50. The molecule has 7 heteroatoms. The maximum atomic E-state index is 12.1. The van der Waals surface area contributed by atoms with Crippen molar-refractivity contribution in [3.05, 3.63) is 12.7 Å². The molecule has 1 aromatic heterocycles. The average molecular weight is 260 g/mol. The van der Waals surface area contributed by atoms with Crippen LogP contribution in [0.1, 0.15) is 27.7 Å². The van der Waals surface area contributed by atoms with Crippen LogP contribution in [0, 0.1) is 0 Å². The van der Waals surface area contributed by atoms with Crippen LogP contribution in [0.25, 0.3) is 0 Å². The van der Waals surface area contributed by atoms with Gasteiger partial charge in [0.05, 0.1) is 11.8 Å². The Morgan fingerprint density at radius 3 is 2.35 bits per heavy atom. The Labute approximate surface area is 103 Å². The van der Waals surface area contributed by atoms with Crippen LogP contribution in [-0.4, -0.2) is 45.3 Å². The van der Waals surface area contributed by atoms with Gasteiger partial charge in [-0.15, -0.1) is 0 Å². The summed E-state index contributed by atoms with van der Waals surface area (Å²) in [6, 6.07) is -0.0501. The summed E-state index contributed by atoms with van der Waals surface area (Å²) < 4.78 is 27.4. The molecule has 1 heterocycles. The lowest BCUT2D eigenvalue weighted by Gasteiger charge is -2.27. The van der Waals surface area contributed by atoms with E-state index in [9.17, 15) is 8.42 Å². The third-order valence-electron chi connectivity index (χ3n) is 2.51. The highest BCUT2D eigenvalue weighted by Crippen LogP contribution is 2.12. The van der Waals surface area contributed by atoms with E-state index in [1.165, 1.54) is 10.6 Å². The van der Waals surface area contributed by atoms with Gasteiger partial charge in [-0.05, 0) is 27.7 Å². The first kappa shape index (κ1) is 14.1. The van der Waals surface area contributed by atoms with Crippen LogP contribution >= 0.6 is 0 Å². The monoisotopic (exact) mass is 260 g/mol. The largest absolute Gasteiger partial charge is 0.252 e. The first-order chi connectivity index (χ1) is 7.85. The maximum absolute atomic E-state index is 12.1. The van der Waals surface area contributed by atoms with Crippen LogP contribution in [-0.2, 0) is 16.6 Å². The Bertz CT molecular complexity index is 425. The van der Waals surface area contributed by atoms with Gasteiger partial charge in [-0.3, -0.25) is 4.68 Å². The predicted octanol–water partition coefficient (Wildman–Crippen LogP) is 0.727. The predicted molar refractivity (Wildman–Crippen MR) is 65.9 cm³/mol. The van der Waals surface area contributed by atoms with Gasteiger partial charge >= 0.3 is 0 Å². The van der Waals surface area contributed by atoms with Gasteiger partial charge in [0.15, 0.2) is 0 Å². The average Bonchev–Trinajstić information content (AvgIpc) is 2.69. The molecule has 1 aromatic rings. The van der Waals surface area contributed by atoms with Crippen LogP contribution in [0.15, 0.2) is 12.7 Å². The molecule has 0 aromatic carbocycles. The van der Waals surface area contributed by atoms with Crippen LogP contribution in [0.5, 0.6) is 0 Å². The van der Waals surface area contributed by atoms with Crippen LogP contribution in [0.3, 0.4) is 0 Å². The van der Waals surface area contributed by atoms with Crippen molar-refractivity contribution < 1.29 is 8.42 Å². The van der Waals surface area contributed by atoms with Crippen molar-refractivity contribution in [2.75, 3.05) is 6.54 Å². The van der Waals surface area contributed by atoms with Gasteiger partial charge in [-0.25, -0.2) is 13.4 Å². The molecule has 0 unspecified atom stereocenters. The van der Waals surface area contributed by atoms with E-state index in [-0.39, 0.29) is 6.04 Å². The number of rotatable bonds is 6. The van der Waals surface area contributed by atoms with Gasteiger partial charge < -0.3 is 0 Å². The molecule has 0 bridgehead atoms. The number of sulfonamides is 1. The van der Waals surface area contributed by atoms with Crippen LogP contribution in [0.2, 0.25) is 0 Å². The molecular formula is C10H20N4O2S. The summed E-state index contributed by atoms with van der Waals surface area (Å²) in [7, 11) is -3.22. The Hall–Kier alpha value is -0.950. The molecule has 0 spiro atoms. The molecule has 1 rings (SSSR count). The highest BCUT2D eigenvalue weighted by atomic mass is 32.2. The quantitative estimate of drug-likeness (QED) is 0.756. The molecule has 0 N–H and O–H groups in total. The SMILES string of the molecule is CC(C)N(CCn1cncn1)S(=O)(=O)C(C)C. The fourth-order valence-corrected chi connectivity index (χ4v) is 2.96. The molecule has 0 saturated carbocycles. The molecule has 0 aliphatic heterocycles. The van der Waals surface area contributed by atoms with E-state index in [1.807, 2.05) is 13.8 Å². The zero-order valence-corrected chi connectivity index (χ0v) is 11.6. The van der Waals surface area contributed by atoms with Crippen molar-refractivity contribution in [3.8, 4) is 0 Å². The molecule has 0 radical (unpaired) electrons. The fourth-order valence-electron chi connectivity index (χ4n) is 1.50. The van der Waals surface area contributed by atoms with Gasteiger partial charge in [-0.1, -0.05) is 0 Å². The molecule has 0 fully saturated rings. The lowest BCUT2D eigenvalue weighted by atomic mass is 10.4. The molecular weight excluding hydrogens is 240 g/mol. The highest BCUT2D eigenvalue weighted by molar-refractivity contribution is 7.89. The Balaban J connectivity index is 2.74. The van der Waals surface area contributed by atoms with E-state index in [0.29, 0.717) is 13.1 Å². The highest BCUT2D eigenvalue weighted by Gasteiger charge is 2.27. The molecule has 0 aliphatic rings. The van der Waals surface area contributed by atoms with Gasteiger partial charge in [-0.2, -0.15) is 9.40 Å². The Kier molecular flexibility index (Phi) is 4.64. The van der Waals surface area contributed by atoms with E-state index in [4.69, 9.17) is 0 Å². The number of nitrogens with zero attached hydrogens (tertiary/aromatic N) is 4. The standard InChI is InChI=1S/C10H20N4O2S/c1-9(2)14(17(15,16)10(3)4)6-5-13-8-11-7-12-13/h7-10H,5-6H2,1-4H3. The van der Waals surface area contributed by atoms with Crippen LogP contribution in [0.4, 0.5) is 0 Å². The summed E-state index contributed by atoms with van der Waals surface area (Å²) in [4.78, 5) is 3.83. The van der Waals surface area contributed by atoms with Crippen molar-refractivity contribution in [3.63, 3.8) is 0 Å². The van der Waals surface area contributed by atoms with Gasteiger partial charge in [0.25, 0.3) is 0 Å². The molecule has 98 valence electrons. The van der Waals surface area contributed by atoms with Gasteiger partial charge in [0.2, 0.25) is 10.0 Å². The van der Waals surface area contributed by atoms with E-state index in [0.717, 1.165) is 0 Å². The number of hydrogen-bond acceptors (Lipinski definition) is 4. The van der Waals surface area contributed by atoms with Crippen molar-refractivity contribution >= 4 is 10.0 Å². The normalized spacial score (nSPS) is 12.9. The summed E-state index contributed by atoms with van der Waals surface area (Å²) >= 11 is 0. The van der Waals surface area contributed by atoms with Crippen molar-refractivity contribution in [1.82, 2.24) is 19.1 Å². The summed E-state index contributed by atoms with van der Waals surface area (Å²) in [6.45, 7) is 8.08. The summed E-state index contributed by atoms with van der Waals surface area (Å²) in [5.41, 5.74) is 0. The lowest BCUT2D eigenvalue weighted by Crippen LogP contribution is -2.42. The van der Waals surface area contributed by atoms with Gasteiger partial charge in [0.1, 0.15) is 12.7 Å².